The first-order valence-corrected chi connectivity index (χ1v) is 6.60. The van der Waals surface area contributed by atoms with E-state index < -0.39 is 0 Å². The van der Waals surface area contributed by atoms with Crippen LogP contribution in [-0.4, -0.2) is 24.3 Å². The molecule has 0 radical (unpaired) electrons. The molecule has 15 heavy (non-hydrogen) atoms. The van der Waals surface area contributed by atoms with Crippen LogP contribution in [0.4, 0.5) is 0 Å². The Balaban J connectivity index is 0.000000583. The normalized spacial score (nSPS) is 27.2. The molecule has 1 rings (SSSR count). The van der Waals surface area contributed by atoms with Crippen molar-refractivity contribution in [3.8, 4) is 0 Å². The van der Waals surface area contributed by atoms with E-state index in [9.17, 15) is 0 Å². The van der Waals surface area contributed by atoms with Gasteiger partial charge in [0.1, 0.15) is 0 Å². The van der Waals surface area contributed by atoms with Gasteiger partial charge < -0.3 is 10.4 Å². The van der Waals surface area contributed by atoms with E-state index in [0.717, 1.165) is 18.5 Å². The molecule has 1 aliphatic carbocycles. The van der Waals surface area contributed by atoms with Crippen molar-refractivity contribution in [3.63, 3.8) is 0 Å². The Kier molecular flexibility index (Phi) is 10.4. The molecule has 2 N–H and O–H groups in total. The molecular formula is C13H29NO. The number of nitrogens with one attached hydrogen (secondary N) is 1. The van der Waals surface area contributed by atoms with E-state index in [1.54, 1.807) is 6.92 Å². The number of hydrogen-bond acceptors (Lipinski definition) is 2. The summed E-state index contributed by atoms with van der Waals surface area (Å²) in [5.41, 5.74) is 0. The lowest BCUT2D eigenvalue weighted by molar-refractivity contribution is 0.306. The first-order chi connectivity index (χ1) is 7.26. The molecule has 2 atom stereocenters. The average Bonchev–Trinajstić information content (AvgIpc) is 2.19. The van der Waals surface area contributed by atoms with Crippen LogP contribution in [0, 0.1) is 5.92 Å². The van der Waals surface area contributed by atoms with E-state index in [1.807, 2.05) is 0 Å². The van der Waals surface area contributed by atoms with Gasteiger partial charge in [-0.2, -0.15) is 0 Å². The van der Waals surface area contributed by atoms with E-state index >= 15 is 0 Å². The molecule has 0 aliphatic heterocycles. The predicted molar refractivity (Wildman–Crippen MR) is 67.1 cm³/mol. The molecular weight excluding hydrogens is 186 g/mol. The van der Waals surface area contributed by atoms with Crippen LogP contribution in [0.25, 0.3) is 0 Å². The number of rotatable bonds is 2. The molecule has 2 nitrogen and oxygen atoms in total. The first kappa shape index (κ1) is 14.9. The topological polar surface area (TPSA) is 32.3 Å². The van der Waals surface area contributed by atoms with Crippen molar-refractivity contribution in [2.75, 3.05) is 13.2 Å². The minimum atomic E-state index is 0.250. The zero-order chi connectivity index (χ0) is 11.5. The summed E-state index contributed by atoms with van der Waals surface area (Å²) in [5, 5.41) is 11.2. The van der Waals surface area contributed by atoms with Crippen LogP contribution in [0.2, 0.25) is 0 Å². The van der Waals surface area contributed by atoms with Gasteiger partial charge in [-0.15, -0.1) is 0 Å². The highest BCUT2D eigenvalue weighted by Gasteiger charge is 2.16. The monoisotopic (exact) mass is 215 g/mol. The maximum Gasteiger partial charge on any atom is 0.0402 e. The molecule has 92 valence electrons. The molecule has 0 spiro atoms. The van der Waals surface area contributed by atoms with Gasteiger partial charge in [-0.3, -0.25) is 0 Å². The number of hydrogen-bond donors (Lipinski definition) is 2. The average molecular weight is 215 g/mol. The SMILES string of the molecule is CCNC1CCCCCCC1C.CCO. The van der Waals surface area contributed by atoms with Gasteiger partial charge in [-0.25, -0.2) is 0 Å². The summed E-state index contributed by atoms with van der Waals surface area (Å²) >= 11 is 0. The maximum absolute atomic E-state index is 7.57. The van der Waals surface area contributed by atoms with Gasteiger partial charge in [-0.05, 0) is 32.2 Å². The molecule has 0 aromatic carbocycles. The second-order valence-electron chi connectivity index (χ2n) is 4.45. The van der Waals surface area contributed by atoms with Crippen LogP contribution in [0.15, 0.2) is 0 Å². The zero-order valence-corrected chi connectivity index (χ0v) is 10.8. The lowest BCUT2D eigenvalue weighted by atomic mass is 9.88. The summed E-state index contributed by atoms with van der Waals surface area (Å²) in [5.74, 6) is 0.894. The van der Waals surface area contributed by atoms with Gasteiger partial charge in [0, 0.05) is 12.6 Å². The molecule has 0 heterocycles. The van der Waals surface area contributed by atoms with Crippen molar-refractivity contribution < 1.29 is 5.11 Å². The first-order valence-electron chi connectivity index (χ1n) is 6.60. The Bertz CT molecular complexity index is 128. The predicted octanol–water partition coefficient (Wildman–Crippen LogP) is 2.95. The molecule has 0 amide bonds. The molecule has 0 bridgehead atoms. The van der Waals surface area contributed by atoms with E-state index in [4.69, 9.17) is 5.11 Å². The molecule has 1 aliphatic rings. The summed E-state index contributed by atoms with van der Waals surface area (Å²) in [7, 11) is 0. The van der Waals surface area contributed by atoms with Crippen molar-refractivity contribution in [2.24, 2.45) is 5.92 Å². The highest BCUT2D eigenvalue weighted by Crippen LogP contribution is 2.22. The van der Waals surface area contributed by atoms with Gasteiger partial charge in [0.25, 0.3) is 0 Å². The summed E-state index contributed by atoms with van der Waals surface area (Å²) in [6.45, 7) is 7.68. The third-order valence-electron chi connectivity index (χ3n) is 3.08. The molecule has 0 aromatic rings. The van der Waals surface area contributed by atoms with Gasteiger partial charge in [-0.1, -0.05) is 39.5 Å². The van der Waals surface area contributed by atoms with Crippen LogP contribution in [0.3, 0.4) is 0 Å². The summed E-state index contributed by atoms with van der Waals surface area (Å²) < 4.78 is 0. The van der Waals surface area contributed by atoms with Crippen molar-refractivity contribution in [1.82, 2.24) is 5.32 Å². The van der Waals surface area contributed by atoms with Crippen molar-refractivity contribution in [1.29, 1.82) is 0 Å². The minimum Gasteiger partial charge on any atom is -0.397 e. The van der Waals surface area contributed by atoms with Crippen LogP contribution in [0.1, 0.15) is 59.3 Å². The molecule has 0 aromatic heterocycles. The fourth-order valence-electron chi connectivity index (χ4n) is 2.24. The number of aliphatic hydroxyl groups is 1. The highest BCUT2D eigenvalue weighted by atomic mass is 16.2. The largest absolute Gasteiger partial charge is 0.397 e. The van der Waals surface area contributed by atoms with Gasteiger partial charge in [0.15, 0.2) is 0 Å². The van der Waals surface area contributed by atoms with Crippen LogP contribution in [-0.2, 0) is 0 Å². The highest BCUT2D eigenvalue weighted by molar-refractivity contribution is 4.74. The Morgan fingerprint density at radius 2 is 1.60 bits per heavy atom. The Morgan fingerprint density at radius 3 is 2.13 bits per heavy atom. The lowest BCUT2D eigenvalue weighted by Crippen LogP contribution is -2.35. The third kappa shape index (κ3) is 7.80. The third-order valence-corrected chi connectivity index (χ3v) is 3.08. The van der Waals surface area contributed by atoms with E-state index in [2.05, 4.69) is 19.2 Å². The molecule has 2 heteroatoms. The summed E-state index contributed by atoms with van der Waals surface area (Å²) in [6.07, 6.45) is 8.62. The molecule has 1 saturated carbocycles. The number of aliphatic hydroxyl groups excluding tert-OH is 1. The quantitative estimate of drug-likeness (QED) is 0.742. The molecule has 2 unspecified atom stereocenters. The minimum absolute atomic E-state index is 0.250. The standard InChI is InChI=1S/C11H23N.C2H6O/c1-3-12-11-9-7-5-4-6-8-10(11)2;1-2-3/h10-12H,3-9H2,1-2H3;3H,2H2,1H3. The fraction of sp³-hybridized carbons (Fsp3) is 1.00. The second kappa shape index (κ2) is 10.4. The van der Waals surface area contributed by atoms with Crippen molar-refractivity contribution >= 4 is 0 Å². The van der Waals surface area contributed by atoms with E-state index in [1.165, 1.54) is 38.5 Å². The summed E-state index contributed by atoms with van der Waals surface area (Å²) in [4.78, 5) is 0. The molecule has 1 fully saturated rings. The fourth-order valence-corrected chi connectivity index (χ4v) is 2.24. The van der Waals surface area contributed by atoms with Crippen LogP contribution < -0.4 is 5.32 Å². The summed E-state index contributed by atoms with van der Waals surface area (Å²) in [6, 6.07) is 0.801. The maximum atomic E-state index is 7.57. The zero-order valence-electron chi connectivity index (χ0n) is 10.8. The van der Waals surface area contributed by atoms with Gasteiger partial charge in [0.05, 0.1) is 0 Å². The smallest absolute Gasteiger partial charge is 0.0402 e. The van der Waals surface area contributed by atoms with Crippen molar-refractivity contribution in [3.05, 3.63) is 0 Å². The Labute approximate surface area is 95.5 Å². The van der Waals surface area contributed by atoms with E-state index in [-0.39, 0.29) is 6.61 Å². The Hall–Kier alpha value is -0.0800. The molecule has 0 saturated heterocycles. The van der Waals surface area contributed by atoms with Gasteiger partial charge in [0.2, 0.25) is 0 Å². The lowest BCUT2D eigenvalue weighted by Gasteiger charge is -2.26. The van der Waals surface area contributed by atoms with Crippen molar-refractivity contribution in [2.45, 2.75) is 65.3 Å². The Morgan fingerprint density at radius 1 is 1.07 bits per heavy atom. The van der Waals surface area contributed by atoms with Crippen LogP contribution in [0.5, 0.6) is 0 Å². The van der Waals surface area contributed by atoms with Crippen LogP contribution >= 0.6 is 0 Å². The van der Waals surface area contributed by atoms with Gasteiger partial charge >= 0.3 is 0 Å². The van der Waals surface area contributed by atoms with E-state index in [0.29, 0.717) is 0 Å². The second-order valence-corrected chi connectivity index (χ2v) is 4.45.